The van der Waals surface area contributed by atoms with E-state index < -0.39 is 0 Å². The normalized spacial score (nSPS) is 40.6. The van der Waals surface area contributed by atoms with Crippen molar-refractivity contribution in [1.82, 2.24) is 0 Å². The lowest BCUT2D eigenvalue weighted by molar-refractivity contribution is -0.0829. The predicted octanol–water partition coefficient (Wildman–Crippen LogP) is 3.12. The van der Waals surface area contributed by atoms with Crippen LogP contribution in [0.15, 0.2) is 0 Å². The summed E-state index contributed by atoms with van der Waals surface area (Å²) >= 11 is 0. The lowest BCUT2D eigenvalue weighted by Gasteiger charge is -2.44. The molecule has 0 radical (unpaired) electrons. The van der Waals surface area contributed by atoms with Crippen molar-refractivity contribution in [3.05, 3.63) is 0 Å². The standard InChI is InChI=1S/C12H23BO2/c1-9(2)11-7-6-8-12(11,10(3)4)15-13(5)14-11/h9-10H,6-8H2,1-5H3. The minimum atomic E-state index is -0.0323. The molecule has 2 fully saturated rings. The molecule has 2 rings (SSSR count). The summed E-state index contributed by atoms with van der Waals surface area (Å²) in [6.45, 7) is 11.1. The van der Waals surface area contributed by atoms with Gasteiger partial charge in [0.25, 0.3) is 0 Å². The maximum absolute atomic E-state index is 6.18. The highest BCUT2D eigenvalue weighted by atomic mass is 16.7. The summed E-state index contributed by atoms with van der Waals surface area (Å²) in [6, 6.07) is 0. The summed E-state index contributed by atoms with van der Waals surface area (Å²) in [6.07, 6.45) is 3.56. The SMILES string of the molecule is CB1OC2(C(C)C)CCCC2(C(C)C)O1. The van der Waals surface area contributed by atoms with E-state index in [1.165, 1.54) is 6.42 Å². The molecule has 1 heterocycles. The molecule has 0 aromatic heterocycles. The molecule has 0 N–H and O–H groups in total. The molecule has 2 nitrogen and oxygen atoms in total. The molecule has 0 spiro atoms. The third-order valence-corrected chi connectivity index (χ3v) is 4.43. The zero-order valence-electron chi connectivity index (χ0n) is 10.7. The summed E-state index contributed by atoms with van der Waals surface area (Å²) < 4.78 is 12.4. The highest BCUT2D eigenvalue weighted by molar-refractivity contribution is 6.43. The van der Waals surface area contributed by atoms with E-state index in [2.05, 4.69) is 27.7 Å². The van der Waals surface area contributed by atoms with Crippen molar-refractivity contribution in [1.29, 1.82) is 0 Å². The quantitative estimate of drug-likeness (QED) is 0.652. The Morgan fingerprint density at radius 2 is 1.33 bits per heavy atom. The van der Waals surface area contributed by atoms with Crippen LogP contribution in [-0.2, 0) is 9.31 Å². The Hall–Kier alpha value is -0.0151. The van der Waals surface area contributed by atoms with E-state index in [0.717, 1.165) is 12.8 Å². The van der Waals surface area contributed by atoms with Gasteiger partial charge in [0, 0.05) is 0 Å². The molecule has 1 aliphatic heterocycles. The third kappa shape index (κ3) is 1.32. The van der Waals surface area contributed by atoms with Gasteiger partial charge in [0.1, 0.15) is 0 Å². The van der Waals surface area contributed by atoms with Crippen molar-refractivity contribution in [2.75, 3.05) is 0 Å². The number of fused-ring (bicyclic) bond motifs is 1. The Labute approximate surface area is 93.9 Å². The van der Waals surface area contributed by atoms with E-state index in [9.17, 15) is 0 Å². The molecule has 2 aliphatic rings. The summed E-state index contributed by atoms with van der Waals surface area (Å²) in [5.74, 6) is 1.07. The van der Waals surface area contributed by atoms with Gasteiger partial charge in [0.05, 0.1) is 11.2 Å². The van der Waals surface area contributed by atoms with E-state index in [4.69, 9.17) is 9.31 Å². The first-order chi connectivity index (χ1) is 6.94. The summed E-state index contributed by atoms with van der Waals surface area (Å²) in [5.41, 5.74) is -0.0544. The van der Waals surface area contributed by atoms with Crippen molar-refractivity contribution in [3.8, 4) is 0 Å². The zero-order chi connectivity index (χ0) is 11.3. The number of rotatable bonds is 2. The molecule has 86 valence electrons. The van der Waals surface area contributed by atoms with Crippen LogP contribution in [-0.4, -0.2) is 18.3 Å². The second-order valence-corrected chi connectivity index (χ2v) is 5.75. The van der Waals surface area contributed by atoms with Gasteiger partial charge < -0.3 is 9.31 Å². The highest BCUT2D eigenvalue weighted by Gasteiger charge is 2.65. The number of hydrogen-bond acceptors (Lipinski definition) is 2. The van der Waals surface area contributed by atoms with Gasteiger partial charge in [-0.3, -0.25) is 0 Å². The molecule has 1 aliphatic carbocycles. The topological polar surface area (TPSA) is 18.5 Å². The van der Waals surface area contributed by atoms with Gasteiger partial charge in [-0.05, 0) is 37.9 Å². The van der Waals surface area contributed by atoms with E-state index in [1.807, 2.05) is 6.82 Å². The maximum Gasteiger partial charge on any atom is 0.454 e. The van der Waals surface area contributed by atoms with Gasteiger partial charge in [-0.1, -0.05) is 27.7 Å². The molecule has 0 aromatic carbocycles. The lowest BCUT2D eigenvalue weighted by Crippen LogP contribution is -2.54. The van der Waals surface area contributed by atoms with Crippen LogP contribution in [0.5, 0.6) is 0 Å². The van der Waals surface area contributed by atoms with E-state index in [-0.39, 0.29) is 18.3 Å². The fourth-order valence-corrected chi connectivity index (χ4v) is 3.80. The molecule has 0 bridgehead atoms. The highest BCUT2D eigenvalue weighted by Crippen LogP contribution is 2.56. The first-order valence-corrected chi connectivity index (χ1v) is 6.30. The van der Waals surface area contributed by atoms with E-state index in [1.54, 1.807) is 0 Å². The average Bonchev–Trinajstić information content (AvgIpc) is 2.56. The smallest absolute Gasteiger partial charge is 0.402 e. The van der Waals surface area contributed by atoms with Crippen LogP contribution < -0.4 is 0 Å². The van der Waals surface area contributed by atoms with E-state index in [0.29, 0.717) is 11.8 Å². The molecule has 3 heteroatoms. The van der Waals surface area contributed by atoms with Crippen molar-refractivity contribution >= 4 is 7.12 Å². The molecule has 0 amide bonds. The molecule has 1 saturated heterocycles. The van der Waals surface area contributed by atoms with Gasteiger partial charge in [0.15, 0.2) is 0 Å². The minimum absolute atomic E-state index is 0.0272. The van der Waals surface area contributed by atoms with Crippen molar-refractivity contribution in [2.45, 2.75) is 65.0 Å². The number of hydrogen-bond donors (Lipinski definition) is 0. The van der Waals surface area contributed by atoms with Gasteiger partial charge in [-0.25, -0.2) is 0 Å². The second-order valence-electron chi connectivity index (χ2n) is 5.75. The van der Waals surface area contributed by atoms with E-state index >= 15 is 0 Å². The van der Waals surface area contributed by atoms with Crippen LogP contribution in [0.4, 0.5) is 0 Å². The molecular weight excluding hydrogens is 187 g/mol. The summed E-state index contributed by atoms with van der Waals surface area (Å²) in [7, 11) is -0.0323. The predicted molar refractivity (Wildman–Crippen MR) is 62.8 cm³/mol. The molecule has 1 saturated carbocycles. The van der Waals surface area contributed by atoms with Crippen LogP contribution in [0.25, 0.3) is 0 Å². The van der Waals surface area contributed by atoms with Gasteiger partial charge in [-0.2, -0.15) is 0 Å². The Morgan fingerprint density at radius 1 is 0.933 bits per heavy atom. The minimum Gasteiger partial charge on any atom is -0.402 e. The molecular formula is C12H23BO2. The fourth-order valence-electron chi connectivity index (χ4n) is 3.80. The van der Waals surface area contributed by atoms with Gasteiger partial charge in [-0.15, -0.1) is 0 Å². The Kier molecular flexibility index (Phi) is 2.67. The molecule has 15 heavy (non-hydrogen) atoms. The second kappa shape index (κ2) is 3.49. The molecule has 2 atom stereocenters. The third-order valence-electron chi connectivity index (χ3n) is 4.43. The Bertz CT molecular complexity index is 230. The lowest BCUT2D eigenvalue weighted by atomic mass is 9.72. The van der Waals surface area contributed by atoms with Crippen LogP contribution in [0.3, 0.4) is 0 Å². The molecule has 2 unspecified atom stereocenters. The Balaban J connectivity index is 2.41. The first-order valence-electron chi connectivity index (χ1n) is 6.30. The van der Waals surface area contributed by atoms with Gasteiger partial charge >= 0.3 is 7.12 Å². The largest absolute Gasteiger partial charge is 0.454 e. The van der Waals surface area contributed by atoms with Crippen LogP contribution in [0.2, 0.25) is 6.82 Å². The average molecular weight is 210 g/mol. The van der Waals surface area contributed by atoms with Gasteiger partial charge in [0.2, 0.25) is 0 Å². The van der Waals surface area contributed by atoms with Crippen LogP contribution >= 0.6 is 0 Å². The van der Waals surface area contributed by atoms with Crippen molar-refractivity contribution in [2.24, 2.45) is 11.8 Å². The maximum atomic E-state index is 6.18. The monoisotopic (exact) mass is 210 g/mol. The van der Waals surface area contributed by atoms with Crippen molar-refractivity contribution < 1.29 is 9.31 Å². The van der Waals surface area contributed by atoms with Crippen LogP contribution in [0, 0.1) is 11.8 Å². The first kappa shape index (κ1) is 11.5. The molecule has 0 aromatic rings. The zero-order valence-corrected chi connectivity index (χ0v) is 10.7. The summed E-state index contributed by atoms with van der Waals surface area (Å²) in [4.78, 5) is 0. The summed E-state index contributed by atoms with van der Waals surface area (Å²) in [5, 5.41) is 0. The van der Waals surface area contributed by atoms with Crippen molar-refractivity contribution in [3.63, 3.8) is 0 Å². The Morgan fingerprint density at radius 3 is 1.67 bits per heavy atom. The van der Waals surface area contributed by atoms with Crippen LogP contribution in [0.1, 0.15) is 47.0 Å². The fraction of sp³-hybridized carbons (Fsp3) is 1.00.